The van der Waals surface area contributed by atoms with E-state index in [1.165, 1.54) is 32.9 Å². The summed E-state index contributed by atoms with van der Waals surface area (Å²) in [5.74, 6) is 0. The molecule has 1 nitrogen and oxygen atoms in total. The van der Waals surface area contributed by atoms with Crippen LogP contribution in [0.3, 0.4) is 0 Å². The van der Waals surface area contributed by atoms with Crippen LogP contribution in [0.4, 0.5) is 0 Å². The molecule has 23 heavy (non-hydrogen) atoms. The highest BCUT2D eigenvalue weighted by atomic mass is 79.9. The molecule has 0 amide bonds. The molecule has 0 unspecified atom stereocenters. The van der Waals surface area contributed by atoms with Crippen molar-refractivity contribution in [3.05, 3.63) is 80.7 Å². The van der Waals surface area contributed by atoms with Gasteiger partial charge in [0, 0.05) is 26.3 Å². The predicted molar refractivity (Wildman–Crippen MR) is 105 cm³/mol. The number of nitrogens with zero attached hydrogens (tertiary/aromatic N) is 1. The Hall–Kier alpha value is -1.58. The monoisotopic (exact) mass is 427 g/mol. The summed E-state index contributed by atoms with van der Waals surface area (Å²) in [5, 5.41) is 2.59. The van der Waals surface area contributed by atoms with E-state index in [0.717, 1.165) is 15.5 Å². The largest absolute Gasteiger partial charge is 0.336 e. The van der Waals surface area contributed by atoms with Gasteiger partial charge in [-0.15, -0.1) is 0 Å². The summed E-state index contributed by atoms with van der Waals surface area (Å²) >= 11 is 7.23. The van der Waals surface area contributed by atoms with E-state index in [9.17, 15) is 0 Å². The molecule has 0 aliphatic carbocycles. The first-order valence-corrected chi connectivity index (χ1v) is 9.13. The first-order valence-electron chi connectivity index (χ1n) is 7.55. The van der Waals surface area contributed by atoms with Crippen molar-refractivity contribution in [3.8, 4) is 0 Å². The van der Waals surface area contributed by atoms with E-state index < -0.39 is 0 Å². The Bertz CT molecular complexity index is 971. The molecule has 0 saturated carbocycles. The zero-order valence-electron chi connectivity index (χ0n) is 12.7. The second-order valence-corrected chi connectivity index (χ2v) is 7.67. The molecule has 4 aromatic rings. The van der Waals surface area contributed by atoms with Crippen LogP contribution in [0.1, 0.15) is 11.1 Å². The Labute approximate surface area is 152 Å². The lowest BCUT2D eigenvalue weighted by Crippen LogP contribution is -2.01. The van der Waals surface area contributed by atoms with Crippen LogP contribution in [0.15, 0.2) is 69.6 Å². The van der Waals surface area contributed by atoms with Gasteiger partial charge in [0.05, 0.1) is 11.0 Å². The van der Waals surface area contributed by atoms with E-state index in [1.807, 2.05) is 0 Å². The van der Waals surface area contributed by atoms with Gasteiger partial charge in [-0.2, -0.15) is 0 Å². The van der Waals surface area contributed by atoms with E-state index in [2.05, 4.69) is 104 Å². The predicted octanol–water partition coefficient (Wildman–Crippen LogP) is 6.68. The molecule has 0 aliphatic rings. The highest BCUT2D eigenvalue weighted by molar-refractivity contribution is 9.10. The quantitative estimate of drug-likeness (QED) is 0.335. The van der Waals surface area contributed by atoms with Crippen LogP contribution in [-0.2, 0) is 6.54 Å². The lowest BCUT2D eigenvalue weighted by molar-refractivity contribution is 0.861. The summed E-state index contributed by atoms with van der Waals surface area (Å²) < 4.78 is 4.62. The topological polar surface area (TPSA) is 4.93 Å². The SMILES string of the molecule is Cc1ccccc1Cn1c2cc(Br)ccc2c2ccc(Br)cc21. The highest BCUT2D eigenvalue weighted by Crippen LogP contribution is 2.33. The smallest absolute Gasteiger partial charge is 0.0505 e. The number of halogens is 2. The maximum absolute atomic E-state index is 3.62. The summed E-state index contributed by atoms with van der Waals surface area (Å²) in [6.45, 7) is 3.05. The summed E-state index contributed by atoms with van der Waals surface area (Å²) in [4.78, 5) is 0. The minimum atomic E-state index is 0.875. The van der Waals surface area contributed by atoms with E-state index in [0.29, 0.717) is 0 Å². The maximum Gasteiger partial charge on any atom is 0.0505 e. The van der Waals surface area contributed by atoms with Crippen molar-refractivity contribution < 1.29 is 0 Å². The molecule has 1 aromatic heterocycles. The Kier molecular flexibility index (Phi) is 3.78. The van der Waals surface area contributed by atoms with Crippen molar-refractivity contribution in [2.24, 2.45) is 0 Å². The van der Waals surface area contributed by atoms with Gasteiger partial charge in [-0.25, -0.2) is 0 Å². The zero-order chi connectivity index (χ0) is 16.0. The van der Waals surface area contributed by atoms with Crippen LogP contribution >= 0.6 is 31.9 Å². The minimum absolute atomic E-state index is 0.875. The number of hydrogen-bond donors (Lipinski definition) is 0. The van der Waals surface area contributed by atoms with Crippen LogP contribution in [0, 0.1) is 6.92 Å². The van der Waals surface area contributed by atoms with E-state index >= 15 is 0 Å². The molecule has 3 heteroatoms. The Morgan fingerprint density at radius 2 is 1.35 bits per heavy atom. The molecular weight excluding hydrogens is 414 g/mol. The minimum Gasteiger partial charge on any atom is -0.336 e. The first-order chi connectivity index (χ1) is 11.1. The molecule has 4 rings (SSSR count). The fraction of sp³-hybridized carbons (Fsp3) is 0.100. The van der Waals surface area contributed by atoms with Gasteiger partial charge in [-0.05, 0) is 42.3 Å². The fourth-order valence-corrected chi connectivity index (χ4v) is 3.87. The van der Waals surface area contributed by atoms with Crippen molar-refractivity contribution in [2.45, 2.75) is 13.5 Å². The van der Waals surface area contributed by atoms with Gasteiger partial charge in [-0.1, -0.05) is 68.3 Å². The Balaban J connectivity index is 2.04. The Morgan fingerprint density at radius 3 is 1.91 bits per heavy atom. The summed E-state index contributed by atoms with van der Waals surface area (Å²) in [6.07, 6.45) is 0. The third-order valence-corrected chi connectivity index (χ3v) is 5.37. The fourth-order valence-electron chi connectivity index (χ4n) is 3.17. The molecule has 0 spiro atoms. The van der Waals surface area contributed by atoms with Crippen molar-refractivity contribution >= 4 is 53.7 Å². The number of hydrogen-bond acceptors (Lipinski definition) is 0. The number of benzene rings is 3. The van der Waals surface area contributed by atoms with E-state index in [1.54, 1.807) is 0 Å². The molecule has 0 fully saturated rings. The van der Waals surface area contributed by atoms with Gasteiger partial charge in [0.15, 0.2) is 0 Å². The number of rotatable bonds is 2. The van der Waals surface area contributed by atoms with Crippen LogP contribution < -0.4 is 0 Å². The molecule has 0 radical (unpaired) electrons. The molecule has 3 aromatic carbocycles. The van der Waals surface area contributed by atoms with Gasteiger partial charge < -0.3 is 4.57 Å². The molecule has 114 valence electrons. The number of fused-ring (bicyclic) bond motifs is 3. The van der Waals surface area contributed by atoms with Gasteiger partial charge in [0.1, 0.15) is 0 Å². The van der Waals surface area contributed by atoms with E-state index in [4.69, 9.17) is 0 Å². The van der Waals surface area contributed by atoms with Crippen molar-refractivity contribution in [1.82, 2.24) is 4.57 Å². The van der Waals surface area contributed by atoms with Crippen molar-refractivity contribution in [3.63, 3.8) is 0 Å². The summed E-state index contributed by atoms with van der Waals surface area (Å²) in [7, 11) is 0. The third kappa shape index (κ3) is 2.62. The van der Waals surface area contributed by atoms with Crippen molar-refractivity contribution in [2.75, 3.05) is 0 Å². The lowest BCUT2D eigenvalue weighted by atomic mass is 10.1. The van der Waals surface area contributed by atoms with Gasteiger partial charge >= 0.3 is 0 Å². The van der Waals surface area contributed by atoms with Crippen LogP contribution in [-0.4, -0.2) is 4.57 Å². The Morgan fingerprint density at radius 1 is 0.783 bits per heavy atom. The number of aromatic nitrogens is 1. The second-order valence-electron chi connectivity index (χ2n) is 5.84. The molecule has 0 atom stereocenters. The van der Waals surface area contributed by atoms with Gasteiger partial charge in [0.25, 0.3) is 0 Å². The standard InChI is InChI=1S/C20H15Br2N/c1-13-4-2-3-5-14(13)12-23-19-10-15(21)6-8-17(19)18-9-7-16(22)11-20(18)23/h2-11H,12H2,1H3. The van der Waals surface area contributed by atoms with Crippen LogP contribution in [0.2, 0.25) is 0 Å². The third-order valence-electron chi connectivity index (χ3n) is 4.38. The summed E-state index contributed by atoms with van der Waals surface area (Å²) in [6, 6.07) is 21.6. The zero-order valence-corrected chi connectivity index (χ0v) is 15.9. The molecule has 0 aliphatic heterocycles. The molecule has 0 saturated heterocycles. The van der Waals surface area contributed by atoms with E-state index in [-0.39, 0.29) is 0 Å². The number of aryl methyl sites for hydroxylation is 1. The van der Waals surface area contributed by atoms with Crippen molar-refractivity contribution in [1.29, 1.82) is 0 Å². The van der Waals surface area contributed by atoms with Gasteiger partial charge in [-0.3, -0.25) is 0 Å². The molecular formula is C20H15Br2N. The second kappa shape index (κ2) is 5.81. The van der Waals surface area contributed by atoms with Crippen LogP contribution in [0.25, 0.3) is 21.8 Å². The highest BCUT2D eigenvalue weighted by Gasteiger charge is 2.12. The summed E-state index contributed by atoms with van der Waals surface area (Å²) in [5.41, 5.74) is 5.20. The average Bonchev–Trinajstić information content (AvgIpc) is 2.82. The molecule has 0 bridgehead atoms. The lowest BCUT2D eigenvalue weighted by Gasteiger charge is -2.10. The van der Waals surface area contributed by atoms with Crippen LogP contribution in [0.5, 0.6) is 0 Å². The van der Waals surface area contributed by atoms with Gasteiger partial charge in [0.2, 0.25) is 0 Å². The molecule has 0 N–H and O–H groups in total. The maximum atomic E-state index is 3.62. The molecule has 1 heterocycles. The average molecular weight is 429 g/mol. The normalized spacial score (nSPS) is 11.4. The first kappa shape index (κ1) is 15.0.